The van der Waals surface area contributed by atoms with Crippen molar-refractivity contribution >= 4 is 41.6 Å². The molecule has 0 radical (unpaired) electrons. The lowest BCUT2D eigenvalue weighted by Gasteiger charge is -2.19. The van der Waals surface area contributed by atoms with Gasteiger partial charge in [-0.2, -0.15) is 5.10 Å². The van der Waals surface area contributed by atoms with Gasteiger partial charge in [-0.05, 0) is 48.6 Å². The maximum absolute atomic E-state index is 12.8. The number of ketones is 1. The highest BCUT2D eigenvalue weighted by molar-refractivity contribution is 6.62. The minimum absolute atomic E-state index is 0.109. The molecule has 5 nitrogen and oxygen atoms in total. The van der Waals surface area contributed by atoms with E-state index in [1.54, 1.807) is 29.1 Å². The summed E-state index contributed by atoms with van der Waals surface area (Å²) in [4.78, 5) is 12.8. The summed E-state index contributed by atoms with van der Waals surface area (Å²) in [6, 6.07) is 10.7. The molecular weight excluding hydrogens is 398 g/mol. The molecule has 4 rings (SSSR count). The molecule has 0 spiro atoms. The normalized spacial score (nSPS) is 15.0. The quantitative estimate of drug-likeness (QED) is 0.523. The molecule has 0 aliphatic carbocycles. The first-order valence-electron chi connectivity index (χ1n) is 8.77. The fourth-order valence-electron chi connectivity index (χ4n) is 3.48. The number of carbonyl (C=O) groups excluding carboxylic acids is 1. The van der Waals surface area contributed by atoms with Crippen LogP contribution in [0.25, 0.3) is 5.69 Å². The van der Waals surface area contributed by atoms with Crippen molar-refractivity contribution in [1.82, 2.24) is 9.78 Å². The molecule has 142 valence electrons. The van der Waals surface area contributed by atoms with Crippen LogP contribution in [0, 0.1) is 0 Å². The van der Waals surface area contributed by atoms with Gasteiger partial charge in [0.2, 0.25) is 0 Å². The lowest BCUT2D eigenvalue weighted by atomic mass is 9.77. The van der Waals surface area contributed by atoms with Gasteiger partial charge < -0.3 is 9.68 Å². The molecule has 1 N–H and O–H groups in total. The number of rotatable bonds is 4. The second-order valence-corrected chi connectivity index (χ2v) is 8.11. The predicted molar refractivity (Wildman–Crippen MR) is 110 cm³/mol. The van der Waals surface area contributed by atoms with E-state index in [-0.39, 0.29) is 12.2 Å². The zero-order chi connectivity index (χ0) is 20.1. The SMILES string of the molecule is CC1(C)OB(O)c2cc(CC(=O)c3ccc(-n4cc(Cl)cn4)cc3Cl)ccc21. The van der Waals surface area contributed by atoms with Gasteiger partial charge in [0.15, 0.2) is 5.78 Å². The Bertz CT molecular complexity index is 1080. The number of hydrogen-bond acceptors (Lipinski definition) is 4. The van der Waals surface area contributed by atoms with Crippen LogP contribution in [0.1, 0.15) is 35.3 Å². The van der Waals surface area contributed by atoms with Crippen LogP contribution in [0.5, 0.6) is 0 Å². The molecule has 2 aromatic carbocycles. The third-order valence-corrected chi connectivity index (χ3v) is 5.38. The van der Waals surface area contributed by atoms with Crippen LogP contribution in [0.4, 0.5) is 0 Å². The van der Waals surface area contributed by atoms with Gasteiger partial charge in [0.1, 0.15) is 0 Å². The number of hydrogen-bond donors (Lipinski definition) is 1. The molecule has 28 heavy (non-hydrogen) atoms. The number of fused-ring (bicyclic) bond motifs is 1. The van der Waals surface area contributed by atoms with Crippen LogP contribution in [-0.4, -0.2) is 27.7 Å². The number of halogens is 2. The highest BCUT2D eigenvalue weighted by Crippen LogP contribution is 2.30. The Balaban J connectivity index is 1.57. The molecular formula is C20H17BCl2N2O3. The monoisotopic (exact) mass is 414 g/mol. The summed E-state index contributed by atoms with van der Waals surface area (Å²) in [5.74, 6) is -0.109. The number of nitrogens with zero attached hydrogens (tertiary/aromatic N) is 2. The van der Waals surface area contributed by atoms with Gasteiger partial charge in [-0.3, -0.25) is 4.79 Å². The Labute approximate surface area is 173 Å². The number of Topliss-reactive ketones (excluding diaryl/α,β-unsaturated/α-hetero) is 1. The van der Waals surface area contributed by atoms with Gasteiger partial charge in [0, 0.05) is 18.2 Å². The zero-order valence-corrected chi connectivity index (χ0v) is 16.8. The first-order chi connectivity index (χ1) is 13.2. The molecule has 1 aromatic heterocycles. The third-order valence-electron chi connectivity index (χ3n) is 4.87. The Hall–Kier alpha value is -2.12. The van der Waals surface area contributed by atoms with Crippen molar-refractivity contribution in [2.75, 3.05) is 0 Å². The van der Waals surface area contributed by atoms with Crippen molar-refractivity contribution in [3.8, 4) is 5.69 Å². The molecule has 1 aliphatic rings. The van der Waals surface area contributed by atoms with Gasteiger partial charge in [-0.15, -0.1) is 0 Å². The first kappa shape index (κ1) is 19.2. The minimum atomic E-state index is -0.983. The molecule has 0 saturated carbocycles. The van der Waals surface area contributed by atoms with Crippen molar-refractivity contribution in [2.24, 2.45) is 0 Å². The number of aromatic nitrogens is 2. The van der Waals surface area contributed by atoms with E-state index < -0.39 is 12.7 Å². The molecule has 1 aliphatic heterocycles. The Kier molecular flexibility index (Phi) is 4.84. The Morgan fingerprint density at radius 1 is 1.25 bits per heavy atom. The zero-order valence-electron chi connectivity index (χ0n) is 15.3. The molecule has 8 heteroatoms. The molecule has 2 heterocycles. The predicted octanol–water partition coefficient (Wildman–Crippen LogP) is 3.56. The summed E-state index contributed by atoms with van der Waals surface area (Å²) in [6.45, 7) is 3.81. The fraction of sp³-hybridized carbons (Fsp3) is 0.200. The van der Waals surface area contributed by atoms with Crippen molar-refractivity contribution < 1.29 is 14.5 Å². The van der Waals surface area contributed by atoms with Gasteiger partial charge in [0.05, 0.1) is 27.5 Å². The summed E-state index contributed by atoms with van der Waals surface area (Å²) in [5.41, 5.74) is 3.02. The van der Waals surface area contributed by atoms with Gasteiger partial charge in [-0.1, -0.05) is 41.4 Å². The number of carbonyl (C=O) groups is 1. The first-order valence-corrected chi connectivity index (χ1v) is 9.53. The molecule has 0 fully saturated rings. The average molecular weight is 415 g/mol. The van der Waals surface area contributed by atoms with Gasteiger partial charge >= 0.3 is 7.12 Å². The average Bonchev–Trinajstić information content (AvgIpc) is 3.16. The molecule has 0 unspecified atom stereocenters. The number of benzene rings is 2. The lowest BCUT2D eigenvalue weighted by molar-refractivity contribution is 0.0991. The highest BCUT2D eigenvalue weighted by atomic mass is 35.5. The van der Waals surface area contributed by atoms with E-state index in [4.69, 9.17) is 27.9 Å². The van der Waals surface area contributed by atoms with E-state index in [9.17, 15) is 9.82 Å². The second-order valence-electron chi connectivity index (χ2n) is 7.27. The summed E-state index contributed by atoms with van der Waals surface area (Å²) in [6.07, 6.45) is 3.36. The van der Waals surface area contributed by atoms with Crippen molar-refractivity contribution in [1.29, 1.82) is 0 Å². The van der Waals surface area contributed by atoms with E-state index in [2.05, 4.69) is 5.10 Å². The Morgan fingerprint density at radius 2 is 2.04 bits per heavy atom. The van der Waals surface area contributed by atoms with Crippen molar-refractivity contribution in [2.45, 2.75) is 25.9 Å². The molecule has 0 amide bonds. The summed E-state index contributed by atoms with van der Waals surface area (Å²) < 4.78 is 7.16. The maximum atomic E-state index is 12.8. The van der Waals surface area contributed by atoms with Crippen molar-refractivity contribution in [3.63, 3.8) is 0 Å². The molecule has 3 aromatic rings. The van der Waals surface area contributed by atoms with Crippen LogP contribution >= 0.6 is 23.2 Å². The van der Waals surface area contributed by atoms with E-state index in [1.165, 1.54) is 6.20 Å². The fourth-order valence-corrected chi connectivity index (χ4v) is 3.89. The van der Waals surface area contributed by atoms with Crippen LogP contribution in [-0.2, 0) is 16.7 Å². The summed E-state index contributed by atoms with van der Waals surface area (Å²) in [7, 11) is -0.983. The largest absolute Gasteiger partial charge is 0.492 e. The van der Waals surface area contributed by atoms with Crippen LogP contribution in [0.3, 0.4) is 0 Å². The maximum Gasteiger partial charge on any atom is 0.492 e. The topological polar surface area (TPSA) is 64.3 Å². The van der Waals surface area contributed by atoms with Crippen LogP contribution in [0.2, 0.25) is 10.0 Å². The smallest absolute Gasteiger partial charge is 0.423 e. The molecule has 0 saturated heterocycles. The summed E-state index contributed by atoms with van der Waals surface area (Å²) >= 11 is 12.2. The van der Waals surface area contributed by atoms with Gasteiger partial charge in [0.25, 0.3) is 0 Å². The summed E-state index contributed by atoms with van der Waals surface area (Å²) in [5, 5.41) is 15.1. The lowest BCUT2D eigenvalue weighted by Crippen LogP contribution is -2.29. The van der Waals surface area contributed by atoms with Crippen molar-refractivity contribution in [3.05, 3.63) is 75.5 Å². The standard InChI is InChI=1S/C20H17BCl2N2O3/c1-20(2)16-6-3-12(7-17(16)21(27)28-20)8-19(26)15-5-4-14(9-18(15)23)25-11-13(22)10-24-25/h3-7,9-11,27H,8H2,1-2H3. The molecule has 0 bridgehead atoms. The van der Waals surface area contributed by atoms with Crippen LogP contribution in [0.15, 0.2) is 48.8 Å². The van der Waals surface area contributed by atoms with E-state index in [0.29, 0.717) is 26.8 Å². The van der Waals surface area contributed by atoms with E-state index >= 15 is 0 Å². The minimum Gasteiger partial charge on any atom is -0.423 e. The van der Waals surface area contributed by atoms with Crippen LogP contribution < -0.4 is 5.46 Å². The molecule has 0 atom stereocenters. The third kappa shape index (κ3) is 3.49. The van der Waals surface area contributed by atoms with Gasteiger partial charge in [-0.25, -0.2) is 4.68 Å². The van der Waals surface area contributed by atoms with E-state index in [0.717, 1.165) is 11.1 Å². The van der Waals surface area contributed by atoms with E-state index in [1.807, 2.05) is 32.0 Å². The highest BCUT2D eigenvalue weighted by Gasteiger charge is 2.40. The second kappa shape index (κ2) is 7.05. The Morgan fingerprint density at radius 3 is 2.71 bits per heavy atom.